The molecule has 0 aliphatic carbocycles. The van der Waals surface area contributed by atoms with Crippen LogP contribution >= 0.6 is 11.6 Å². The Morgan fingerprint density at radius 3 is 2.61 bits per heavy atom. The molecule has 0 bridgehead atoms. The van der Waals surface area contributed by atoms with Crippen LogP contribution in [0.3, 0.4) is 0 Å². The largest absolute Gasteiger partial charge is 0.376 e. The molecule has 1 aromatic carbocycles. The van der Waals surface area contributed by atoms with Crippen molar-refractivity contribution in [3.63, 3.8) is 0 Å². The molecule has 1 heterocycles. The molecule has 0 aliphatic rings. The third-order valence-electron chi connectivity index (χ3n) is 2.82. The third kappa shape index (κ3) is 2.79. The summed E-state index contributed by atoms with van der Waals surface area (Å²) in [5, 5.41) is 4.09. The summed E-state index contributed by atoms with van der Waals surface area (Å²) in [6, 6.07) is 5.99. The minimum Gasteiger partial charge on any atom is -0.376 e. The van der Waals surface area contributed by atoms with E-state index in [9.17, 15) is 0 Å². The van der Waals surface area contributed by atoms with Gasteiger partial charge in [-0.25, -0.2) is 0 Å². The van der Waals surface area contributed by atoms with Crippen molar-refractivity contribution in [1.29, 1.82) is 0 Å². The van der Waals surface area contributed by atoms with Gasteiger partial charge in [0.05, 0.1) is 28.1 Å². The monoisotopic (exact) mass is 261 g/mol. The fraction of sp³-hybridized carbons (Fsp3) is 0.286. The van der Waals surface area contributed by atoms with Gasteiger partial charge >= 0.3 is 0 Å². The fourth-order valence-electron chi connectivity index (χ4n) is 1.89. The Labute approximate surface area is 112 Å². The maximum Gasteiger partial charge on any atom is 0.0835 e. The molecule has 0 fully saturated rings. The van der Waals surface area contributed by atoms with Crippen LogP contribution in [0.5, 0.6) is 0 Å². The highest BCUT2D eigenvalue weighted by Gasteiger charge is 2.11. The van der Waals surface area contributed by atoms with Gasteiger partial charge in [-0.1, -0.05) is 17.7 Å². The molecule has 1 aromatic heterocycles. The van der Waals surface area contributed by atoms with Crippen LogP contribution in [0.15, 0.2) is 30.6 Å². The molecule has 0 saturated carbocycles. The van der Waals surface area contributed by atoms with Crippen molar-refractivity contribution in [3.05, 3.63) is 52.6 Å². The number of hydrogen-bond donors (Lipinski definition) is 1. The van der Waals surface area contributed by atoms with Crippen LogP contribution in [0.1, 0.15) is 29.9 Å². The fourth-order valence-corrected chi connectivity index (χ4v) is 2.07. The van der Waals surface area contributed by atoms with Gasteiger partial charge < -0.3 is 5.32 Å². The summed E-state index contributed by atoms with van der Waals surface area (Å²) in [5.74, 6) is 0. The Morgan fingerprint density at radius 1 is 1.17 bits per heavy atom. The van der Waals surface area contributed by atoms with Crippen molar-refractivity contribution in [2.24, 2.45) is 0 Å². The van der Waals surface area contributed by atoms with E-state index in [0.717, 1.165) is 17.1 Å². The second kappa shape index (κ2) is 5.36. The summed E-state index contributed by atoms with van der Waals surface area (Å²) in [4.78, 5) is 8.60. The van der Waals surface area contributed by atoms with Gasteiger partial charge in [-0.2, -0.15) is 0 Å². The zero-order chi connectivity index (χ0) is 13.1. The molecule has 0 spiro atoms. The van der Waals surface area contributed by atoms with Crippen molar-refractivity contribution >= 4 is 17.3 Å². The predicted octanol–water partition coefficient (Wildman–Crippen LogP) is 3.92. The lowest BCUT2D eigenvalue weighted by Crippen LogP contribution is -2.11. The number of nitrogens with one attached hydrogen (secondary N) is 1. The summed E-state index contributed by atoms with van der Waals surface area (Å²) >= 11 is 6.17. The number of rotatable bonds is 3. The lowest BCUT2D eigenvalue weighted by molar-refractivity contribution is 0.810. The van der Waals surface area contributed by atoms with Gasteiger partial charge in [0.1, 0.15) is 0 Å². The summed E-state index contributed by atoms with van der Waals surface area (Å²) in [5.41, 5.74) is 3.97. The second-order valence-electron chi connectivity index (χ2n) is 4.38. The van der Waals surface area contributed by atoms with Crippen molar-refractivity contribution in [2.75, 3.05) is 5.32 Å². The standard InChI is InChI=1S/C14H16ClN3/c1-9-4-5-12(15)13(8-9)18-11(3)14-10(2)16-6-7-17-14/h4-8,11,18H,1-3H3. The molecule has 0 saturated heterocycles. The molecule has 0 aliphatic heterocycles. The smallest absolute Gasteiger partial charge is 0.0835 e. The molecule has 3 nitrogen and oxygen atoms in total. The van der Waals surface area contributed by atoms with Gasteiger partial charge in [-0.05, 0) is 38.5 Å². The number of halogens is 1. The first-order valence-electron chi connectivity index (χ1n) is 5.88. The molecule has 1 unspecified atom stereocenters. The first kappa shape index (κ1) is 12.8. The Kier molecular flexibility index (Phi) is 3.82. The Morgan fingerprint density at radius 2 is 1.89 bits per heavy atom. The molecular formula is C14H16ClN3. The molecule has 4 heteroatoms. The van der Waals surface area contributed by atoms with E-state index >= 15 is 0 Å². The van der Waals surface area contributed by atoms with Crippen LogP contribution in [-0.2, 0) is 0 Å². The normalized spacial score (nSPS) is 12.2. The molecule has 18 heavy (non-hydrogen) atoms. The van der Waals surface area contributed by atoms with E-state index in [2.05, 4.69) is 22.2 Å². The Bertz CT molecular complexity index is 554. The average molecular weight is 262 g/mol. The van der Waals surface area contributed by atoms with Crippen LogP contribution in [0.2, 0.25) is 5.02 Å². The van der Waals surface area contributed by atoms with Gasteiger partial charge in [-0.15, -0.1) is 0 Å². The van der Waals surface area contributed by atoms with E-state index < -0.39 is 0 Å². The van der Waals surface area contributed by atoms with Gasteiger partial charge in [0.15, 0.2) is 0 Å². The summed E-state index contributed by atoms with van der Waals surface area (Å²) < 4.78 is 0. The van der Waals surface area contributed by atoms with Crippen LogP contribution in [0.25, 0.3) is 0 Å². The number of hydrogen-bond acceptors (Lipinski definition) is 3. The maximum atomic E-state index is 6.17. The first-order valence-corrected chi connectivity index (χ1v) is 6.26. The number of aryl methyl sites for hydroxylation is 2. The molecule has 1 N–H and O–H groups in total. The zero-order valence-corrected chi connectivity index (χ0v) is 11.5. The lowest BCUT2D eigenvalue weighted by Gasteiger charge is -2.17. The first-order chi connectivity index (χ1) is 8.58. The third-order valence-corrected chi connectivity index (χ3v) is 3.15. The highest BCUT2D eigenvalue weighted by Crippen LogP contribution is 2.27. The average Bonchev–Trinajstić information content (AvgIpc) is 2.34. The van der Waals surface area contributed by atoms with Gasteiger partial charge in [0, 0.05) is 12.4 Å². The number of benzene rings is 1. The molecule has 0 amide bonds. The van der Waals surface area contributed by atoms with E-state index in [1.54, 1.807) is 12.4 Å². The molecule has 1 atom stereocenters. The number of nitrogens with zero attached hydrogens (tertiary/aromatic N) is 2. The minimum atomic E-state index is 0.0676. The van der Waals surface area contributed by atoms with Gasteiger partial charge in [0.25, 0.3) is 0 Å². The molecule has 0 radical (unpaired) electrons. The molecule has 2 rings (SSSR count). The van der Waals surface area contributed by atoms with E-state index in [1.165, 1.54) is 5.56 Å². The summed E-state index contributed by atoms with van der Waals surface area (Å²) in [7, 11) is 0. The van der Waals surface area contributed by atoms with E-state index in [-0.39, 0.29) is 6.04 Å². The molecule has 2 aromatic rings. The molecule has 94 valence electrons. The molecular weight excluding hydrogens is 246 g/mol. The summed E-state index contributed by atoms with van der Waals surface area (Å²) in [6.45, 7) is 6.05. The van der Waals surface area contributed by atoms with Gasteiger partial charge in [0.2, 0.25) is 0 Å². The van der Waals surface area contributed by atoms with Crippen LogP contribution in [0, 0.1) is 13.8 Å². The maximum absolute atomic E-state index is 6.17. The highest BCUT2D eigenvalue weighted by atomic mass is 35.5. The summed E-state index contributed by atoms with van der Waals surface area (Å²) in [6.07, 6.45) is 3.41. The Hall–Kier alpha value is -1.61. The quantitative estimate of drug-likeness (QED) is 0.910. The topological polar surface area (TPSA) is 37.8 Å². The number of aromatic nitrogens is 2. The lowest BCUT2D eigenvalue weighted by atomic mass is 10.1. The van der Waals surface area contributed by atoms with Crippen LogP contribution < -0.4 is 5.32 Å². The second-order valence-corrected chi connectivity index (χ2v) is 4.78. The Balaban J connectivity index is 2.24. The van der Waals surface area contributed by atoms with Crippen molar-refractivity contribution < 1.29 is 0 Å². The zero-order valence-electron chi connectivity index (χ0n) is 10.7. The highest BCUT2D eigenvalue weighted by molar-refractivity contribution is 6.33. The van der Waals surface area contributed by atoms with Crippen molar-refractivity contribution in [2.45, 2.75) is 26.8 Å². The minimum absolute atomic E-state index is 0.0676. The van der Waals surface area contributed by atoms with Crippen molar-refractivity contribution in [1.82, 2.24) is 9.97 Å². The van der Waals surface area contributed by atoms with Crippen LogP contribution in [-0.4, -0.2) is 9.97 Å². The van der Waals surface area contributed by atoms with E-state index in [1.807, 2.05) is 32.0 Å². The SMILES string of the molecule is Cc1ccc(Cl)c(NC(C)c2nccnc2C)c1. The van der Waals surface area contributed by atoms with Gasteiger partial charge in [-0.3, -0.25) is 9.97 Å². The van der Waals surface area contributed by atoms with E-state index in [0.29, 0.717) is 5.02 Å². The predicted molar refractivity (Wildman–Crippen MR) is 75.0 cm³/mol. The van der Waals surface area contributed by atoms with Crippen molar-refractivity contribution in [3.8, 4) is 0 Å². The van der Waals surface area contributed by atoms with Crippen LogP contribution in [0.4, 0.5) is 5.69 Å². The number of anilines is 1. The van der Waals surface area contributed by atoms with E-state index in [4.69, 9.17) is 11.6 Å².